The van der Waals surface area contributed by atoms with E-state index in [0.717, 1.165) is 4.47 Å². The first kappa shape index (κ1) is 11.7. The van der Waals surface area contributed by atoms with Crippen molar-refractivity contribution in [2.75, 3.05) is 24.7 Å². The zero-order chi connectivity index (χ0) is 12.8. The topological polar surface area (TPSA) is 62.6 Å². The van der Waals surface area contributed by atoms with Gasteiger partial charge in [-0.05, 0) is 18.2 Å². The van der Waals surface area contributed by atoms with Gasteiger partial charge in [-0.2, -0.15) is 5.26 Å². The molecular weight excluding hydrogens is 300 g/mol. The lowest BCUT2D eigenvalue weighted by Gasteiger charge is -2.20. The van der Waals surface area contributed by atoms with E-state index >= 15 is 0 Å². The van der Waals surface area contributed by atoms with E-state index in [1.165, 1.54) is 4.90 Å². The molecule has 18 heavy (non-hydrogen) atoms. The monoisotopic (exact) mass is 308 g/mol. The molecule has 1 spiro atoms. The van der Waals surface area contributed by atoms with Crippen LogP contribution in [0.3, 0.4) is 0 Å². The molecule has 1 fully saturated rings. The second kappa shape index (κ2) is 4.05. The lowest BCUT2D eigenvalue weighted by atomic mass is 10.1. The zero-order valence-electron chi connectivity index (χ0n) is 9.35. The zero-order valence-corrected chi connectivity index (χ0v) is 10.9. The number of hydrogen-bond donors (Lipinski definition) is 0. The highest BCUT2D eigenvalue weighted by Crippen LogP contribution is 2.46. The van der Waals surface area contributed by atoms with Crippen LogP contribution in [0.1, 0.15) is 5.56 Å². The van der Waals surface area contributed by atoms with Crippen LogP contribution in [0.5, 0.6) is 0 Å². The molecule has 2 aliphatic heterocycles. The summed E-state index contributed by atoms with van der Waals surface area (Å²) in [5.74, 6) is -1.68. The van der Waals surface area contributed by atoms with Crippen molar-refractivity contribution >= 4 is 27.5 Å². The SMILES string of the molecule is N#CCN1C(=O)C2(OCCO2)c2cc(Br)ccc21. The summed E-state index contributed by atoms with van der Waals surface area (Å²) >= 11 is 3.37. The van der Waals surface area contributed by atoms with Crippen LogP contribution in [0.4, 0.5) is 5.69 Å². The summed E-state index contributed by atoms with van der Waals surface area (Å²) in [6.07, 6.45) is 0. The molecule has 0 N–H and O–H groups in total. The molecule has 0 saturated carbocycles. The van der Waals surface area contributed by atoms with Gasteiger partial charge < -0.3 is 9.47 Å². The van der Waals surface area contributed by atoms with Gasteiger partial charge in [0.05, 0.1) is 25.0 Å². The molecule has 0 atom stereocenters. The molecule has 0 aromatic heterocycles. The second-order valence-electron chi connectivity index (χ2n) is 4.02. The summed E-state index contributed by atoms with van der Waals surface area (Å²) in [4.78, 5) is 13.8. The van der Waals surface area contributed by atoms with Crippen LogP contribution in [0.25, 0.3) is 0 Å². The van der Waals surface area contributed by atoms with Crippen LogP contribution in [-0.4, -0.2) is 25.7 Å². The average molecular weight is 309 g/mol. The Morgan fingerprint density at radius 3 is 2.83 bits per heavy atom. The molecule has 1 aromatic rings. The van der Waals surface area contributed by atoms with Crippen molar-refractivity contribution in [2.24, 2.45) is 0 Å². The Morgan fingerprint density at radius 1 is 1.44 bits per heavy atom. The molecule has 0 bridgehead atoms. The van der Waals surface area contributed by atoms with Crippen molar-refractivity contribution in [1.29, 1.82) is 5.26 Å². The predicted octanol–water partition coefficient (Wildman–Crippen LogP) is 1.52. The van der Waals surface area contributed by atoms with E-state index in [2.05, 4.69) is 15.9 Å². The van der Waals surface area contributed by atoms with E-state index in [9.17, 15) is 4.79 Å². The minimum absolute atomic E-state index is 0.0120. The van der Waals surface area contributed by atoms with E-state index in [4.69, 9.17) is 14.7 Å². The third-order valence-electron chi connectivity index (χ3n) is 3.05. The summed E-state index contributed by atoms with van der Waals surface area (Å²) in [5.41, 5.74) is 1.33. The molecular formula is C12H9BrN2O3. The van der Waals surface area contributed by atoms with Crippen molar-refractivity contribution in [3.05, 3.63) is 28.2 Å². The van der Waals surface area contributed by atoms with Gasteiger partial charge in [0.25, 0.3) is 11.7 Å². The number of fused-ring (bicyclic) bond motifs is 2. The minimum atomic E-state index is -1.35. The summed E-state index contributed by atoms with van der Waals surface area (Å²) in [6, 6.07) is 7.40. The number of benzene rings is 1. The first-order valence-corrected chi connectivity index (χ1v) is 6.25. The highest BCUT2D eigenvalue weighted by Gasteiger charge is 2.56. The number of rotatable bonds is 1. The number of amides is 1. The van der Waals surface area contributed by atoms with E-state index in [-0.39, 0.29) is 12.5 Å². The Morgan fingerprint density at radius 2 is 2.17 bits per heavy atom. The van der Waals surface area contributed by atoms with Crippen molar-refractivity contribution in [1.82, 2.24) is 0 Å². The van der Waals surface area contributed by atoms with E-state index in [1.807, 2.05) is 12.1 Å². The Balaban J connectivity index is 2.18. The summed E-state index contributed by atoms with van der Waals surface area (Å²) in [5, 5.41) is 8.82. The third kappa shape index (κ3) is 1.42. The standard InChI is InChI=1S/C12H9BrN2O3/c13-8-1-2-10-9(7-8)12(17-5-6-18-12)11(16)15(10)4-3-14/h1-2,7H,4-6H2. The van der Waals surface area contributed by atoms with Crippen LogP contribution in [0.15, 0.2) is 22.7 Å². The molecule has 2 aliphatic rings. The summed E-state index contributed by atoms with van der Waals surface area (Å²) in [6.45, 7) is 0.734. The Labute approximate surface area is 112 Å². The van der Waals surface area contributed by atoms with Gasteiger partial charge in [0.2, 0.25) is 0 Å². The maximum atomic E-state index is 12.4. The van der Waals surface area contributed by atoms with Crippen LogP contribution >= 0.6 is 15.9 Å². The van der Waals surface area contributed by atoms with E-state index in [0.29, 0.717) is 24.5 Å². The number of halogens is 1. The molecule has 92 valence electrons. The fourth-order valence-electron chi connectivity index (χ4n) is 2.33. The number of ether oxygens (including phenoxy) is 2. The van der Waals surface area contributed by atoms with Crippen LogP contribution in [-0.2, 0) is 20.1 Å². The molecule has 0 unspecified atom stereocenters. The molecule has 1 saturated heterocycles. The number of nitriles is 1. The lowest BCUT2D eigenvalue weighted by Crippen LogP contribution is -2.41. The van der Waals surface area contributed by atoms with Gasteiger partial charge in [-0.1, -0.05) is 15.9 Å². The van der Waals surface area contributed by atoms with Crippen molar-refractivity contribution in [3.63, 3.8) is 0 Å². The Hall–Kier alpha value is -1.42. The van der Waals surface area contributed by atoms with Crippen molar-refractivity contribution in [3.8, 4) is 6.07 Å². The Kier molecular flexibility index (Phi) is 2.63. The smallest absolute Gasteiger partial charge is 0.293 e. The van der Waals surface area contributed by atoms with E-state index < -0.39 is 5.79 Å². The average Bonchev–Trinajstić information content (AvgIpc) is 2.92. The largest absolute Gasteiger partial charge is 0.336 e. The van der Waals surface area contributed by atoms with Gasteiger partial charge in [-0.15, -0.1) is 0 Å². The molecule has 0 radical (unpaired) electrons. The molecule has 0 aliphatic carbocycles. The van der Waals surface area contributed by atoms with Gasteiger partial charge in [-0.3, -0.25) is 9.69 Å². The maximum absolute atomic E-state index is 12.4. The van der Waals surface area contributed by atoms with Crippen LogP contribution in [0.2, 0.25) is 0 Å². The predicted molar refractivity (Wildman–Crippen MR) is 65.7 cm³/mol. The molecule has 1 aromatic carbocycles. The number of carbonyl (C=O) groups excluding carboxylic acids is 1. The van der Waals surface area contributed by atoms with Gasteiger partial charge in [-0.25, -0.2) is 0 Å². The Bertz CT molecular complexity index is 561. The van der Waals surface area contributed by atoms with Crippen molar-refractivity contribution in [2.45, 2.75) is 5.79 Å². The fraction of sp³-hybridized carbons (Fsp3) is 0.333. The number of anilines is 1. The van der Waals surface area contributed by atoms with E-state index in [1.54, 1.807) is 12.1 Å². The normalized spacial score (nSPS) is 20.2. The van der Waals surface area contributed by atoms with Crippen LogP contribution < -0.4 is 4.90 Å². The maximum Gasteiger partial charge on any atom is 0.293 e. The number of carbonyl (C=O) groups is 1. The van der Waals surface area contributed by atoms with Gasteiger partial charge >= 0.3 is 0 Å². The highest BCUT2D eigenvalue weighted by atomic mass is 79.9. The third-order valence-corrected chi connectivity index (χ3v) is 3.55. The minimum Gasteiger partial charge on any atom is -0.336 e. The number of nitrogens with zero attached hydrogens (tertiary/aromatic N) is 2. The summed E-state index contributed by atoms with van der Waals surface area (Å²) in [7, 11) is 0. The van der Waals surface area contributed by atoms with Gasteiger partial charge in [0.15, 0.2) is 0 Å². The van der Waals surface area contributed by atoms with Crippen LogP contribution in [0, 0.1) is 11.3 Å². The number of hydrogen-bond acceptors (Lipinski definition) is 4. The molecule has 3 rings (SSSR count). The lowest BCUT2D eigenvalue weighted by molar-refractivity contribution is -0.180. The molecule has 1 amide bonds. The molecule has 5 nitrogen and oxygen atoms in total. The van der Waals surface area contributed by atoms with Crippen molar-refractivity contribution < 1.29 is 14.3 Å². The first-order chi connectivity index (χ1) is 8.69. The second-order valence-corrected chi connectivity index (χ2v) is 4.94. The fourth-order valence-corrected chi connectivity index (χ4v) is 2.69. The highest BCUT2D eigenvalue weighted by molar-refractivity contribution is 9.10. The first-order valence-electron chi connectivity index (χ1n) is 5.46. The summed E-state index contributed by atoms with van der Waals surface area (Å²) < 4.78 is 11.9. The molecule has 2 heterocycles. The molecule has 6 heteroatoms. The van der Waals surface area contributed by atoms with Gasteiger partial charge in [0.1, 0.15) is 6.54 Å². The van der Waals surface area contributed by atoms with Gasteiger partial charge in [0, 0.05) is 10.0 Å². The quantitative estimate of drug-likeness (QED) is 0.738.